The van der Waals surface area contributed by atoms with E-state index in [1.165, 1.54) is 13.1 Å². The molecule has 0 amide bonds. The molecular formula is C13H13N3O3. The quantitative estimate of drug-likeness (QED) is 0.815. The highest BCUT2D eigenvalue weighted by Gasteiger charge is 2.06. The van der Waals surface area contributed by atoms with E-state index in [0.29, 0.717) is 5.69 Å². The van der Waals surface area contributed by atoms with Crippen LogP contribution in [0.3, 0.4) is 0 Å². The van der Waals surface area contributed by atoms with Gasteiger partial charge in [-0.3, -0.25) is 4.79 Å². The molecule has 6 heteroatoms. The lowest BCUT2D eigenvalue weighted by Gasteiger charge is -2.04. The van der Waals surface area contributed by atoms with Crippen LogP contribution in [0.1, 0.15) is 6.92 Å². The molecular weight excluding hydrogens is 246 g/mol. The van der Waals surface area contributed by atoms with Crippen LogP contribution >= 0.6 is 0 Å². The zero-order valence-corrected chi connectivity index (χ0v) is 10.7. The van der Waals surface area contributed by atoms with Crippen molar-refractivity contribution in [1.29, 1.82) is 0 Å². The normalized spacial score (nSPS) is 10.2. The Morgan fingerprint density at radius 2 is 2.00 bits per heavy atom. The summed E-state index contributed by atoms with van der Waals surface area (Å²) in [5.74, 6) is 0.579. The molecule has 0 aliphatic heterocycles. The van der Waals surface area contributed by atoms with Gasteiger partial charge in [-0.1, -0.05) is 0 Å². The first-order valence-corrected chi connectivity index (χ1v) is 5.68. The lowest BCUT2D eigenvalue weighted by atomic mass is 10.1. The van der Waals surface area contributed by atoms with Crippen LogP contribution in [0.2, 0.25) is 0 Å². The summed E-state index contributed by atoms with van der Waals surface area (Å²) in [6, 6.07) is 7.13. The summed E-state index contributed by atoms with van der Waals surface area (Å²) in [5, 5.41) is 3.93. The van der Waals surface area contributed by atoms with E-state index in [1.807, 2.05) is 0 Å². The van der Waals surface area contributed by atoms with E-state index < -0.39 is 5.69 Å². The SMILES string of the molecule is COc1ccc(-c2cnn(CC(C)=O)c(=O)n2)cc1. The molecule has 98 valence electrons. The van der Waals surface area contributed by atoms with Gasteiger partial charge in [0.15, 0.2) is 5.78 Å². The van der Waals surface area contributed by atoms with Crippen molar-refractivity contribution in [2.24, 2.45) is 0 Å². The van der Waals surface area contributed by atoms with Crippen LogP contribution in [0.4, 0.5) is 0 Å². The first-order chi connectivity index (χ1) is 9.10. The van der Waals surface area contributed by atoms with E-state index in [9.17, 15) is 9.59 Å². The summed E-state index contributed by atoms with van der Waals surface area (Å²) in [4.78, 5) is 26.5. The van der Waals surface area contributed by atoms with Crippen LogP contribution in [0.25, 0.3) is 11.3 Å². The molecule has 1 heterocycles. The average molecular weight is 259 g/mol. The third kappa shape index (κ3) is 3.04. The van der Waals surface area contributed by atoms with Crippen molar-refractivity contribution >= 4 is 5.78 Å². The molecule has 0 atom stereocenters. The molecule has 0 saturated heterocycles. The average Bonchev–Trinajstić information content (AvgIpc) is 2.41. The second-order valence-electron chi connectivity index (χ2n) is 4.01. The van der Waals surface area contributed by atoms with Crippen LogP contribution in [-0.4, -0.2) is 27.7 Å². The zero-order valence-electron chi connectivity index (χ0n) is 10.7. The van der Waals surface area contributed by atoms with Gasteiger partial charge in [0.2, 0.25) is 0 Å². The van der Waals surface area contributed by atoms with Crippen molar-refractivity contribution in [2.75, 3.05) is 7.11 Å². The van der Waals surface area contributed by atoms with Gasteiger partial charge in [0.05, 0.1) is 19.0 Å². The summed E-state index contributed by atoms with van der Waals surface area (Å²) in [6.45, 7) is 1.33. The number of Topliss-reactive ketones (excluding diaryl/α,β-unsaturated/α-hetero) is 1. The van der Waals surface area contributed by atoms with E-state index in [2.05, 4.69) is 10.1 Å². The van der Waals surface area contributed by atoms with E-state index in [-0.39, 0.29) is 12.3 Å². The molecule has 0 bridgehead atoms. The number of benzene rings is 1. The smallest absolute Gasteiger partial charge is 0.364 e. The van der Waals surface area contributed by atoms with E-state index >= 15 is 0 Å². The summed E-state index contributed by atoms with van der Waals surface area (Å²) < 4.78 is 6.09. The maximum Gasteiger partial charge on any atom is 0.364 e. The van der Waals surface area contributed by atoms with Crippen LogP contribution in [0.5, 0.6) is 5.75 Å². The molecule has 0 unspecified atom stereocenters. The first-order valence-electron chi connectivity index (χ1n) is 5.68. The van der Waals surface area contributed by atoms with Gasteiger partial charge in [-0.05, 0) is 31.2 Å². The Morgan fingerprint density at radius 1 is 1.32 bits per heavy atom. The number of carbonyl (C=O) groups excluding carboxylic acids is 1. The number of methoxy groups -OCH3 is 1. The lowest BCUT2D eigenvalue weighted by molar-refractivity contribution is -0.117. The van der Waals surface area contributed by atoms with Crippen LogP contribution < -0.4 is 10.4 Å². The minimum atomic E-state index is -0.538. The first kappa shape index (κ1) is 12.9. The highest BCUT2D eigenvalue weighted by Crippen LogP contribution is 2.18. The number of carbonyl (C=O) groups is 1. The molecule has 0 aliphatic carbocycles. The number of nitrogens with zero attached hydrogens (tertiary/aromatic N) is 3. The number of hydrogen-bond acceptors (Lipinski definition) is 5. The largest absolute Gasteiger partial charge is 0.497 e. The molecule has 0 fully saturated rings. The maximum absolute atomic E-state index is 11.7. The van der Waals surface area contributed by atoms with Crippen molar-refractivity contribution < 1.29 is 9.53 Å². The lowest BCUT2D eigenvalue weighted by Crippen LogP contribution is -2.28. The summed E-state index contributed by atoms with van der Waals surface area (Å²) in [6.07, 6.45) is 1.46. The molecule has 1 aromatic heterocycles. The zero-order chi connectivity index (χ0) is 13.8. The summed E-state index contributed by atoms with van der Waals surface area (Å²) in [5.41, 5.74) is 0.691. The molecule has 0 aliphatic rings. The number of rotatable bonds is 4. The summed E-state index contributed by atoms with van der Waals surface area (Å²) in [7, 11) is 1.58. The Hall–Kier alpha value is -2.50. The molecule has 0 saturated carbocycles. The third-order valence-electron chi connectivity index (χ3n) is 2.51. The third-order valence-corrected chi connectivity index (χ3v) is 2.51. The fourth-order valence-corrected chi connectivity index (χ4v) is 1.58. The second kappa shape index (κ2) is 5.43. The van der Waals surface area contributed by atoms with Crippen LogP contribution in [0, 0.1) is 0 Å². The minimum absolute atomic E-state index is 0.0608. The Labute approximate surface area is 109 Å². The number of aromatic nitrogens is 3. The Morgan fingerprint density at radius 3 is 2.53 bits per heavy atom. The number of ether oxygens (including phenoxy) is 1. The van der Waals surface area contributed by atoms with Gasteiger partial charge in [0.25, 0.3) is 0 Å². The highest BCUT2D eigenvalue weighted by molar-refractivity contribution is 5.75. The minimum Gasteiger partial charge on any atom is -0.497 e. The predicted molar refractivity (Wildman–Crippen MR) is 69.0 cm³/mol. The molecule has 0 radical (unpaired) electrons. The molecule has 0 N–H and O–H groups in total. The fraction of sp³-hybridized carbons (Fsp3) is 0.231. The molecule has 1 aromatic carbocycles. The van der Waals surface area contributed by atoms with Crippen LogP contribution in [0.15, 0.2) is 35.3 Å². The monoisotopic (exact) mass is 259 g/mol. The van der Waals surface area contributed by atoms with Crippen molar-refractivity contribution in [1.82, 2.24) is 14.8 Å². The van der Waals surface area contributed by atoms with E-state index in [1.54, 1.807) is 31.4 Å². The second-order valence-corrected chi connectivity index (χ2v) is 4.01. The van der Waals surface area contributed by atoms with Gasteiger partial charge >= 0.3 is 5.69 Å². The van der Waals surface area contributed by atoms with Gasteiger partial charge in [0, 0.05) is 5.56 Å². The molecule has 0 spiro atoms. The van der Waals surface area contributed by atoms with Crippen molar-refractivity contribution in [3.63, 3.8) is 0 Å². The van der Waals surface area contributed by atoms with Gasteiger partial charge in [-0.25, -0.2) is 9.48 Å². The molecule has 6 nitrogen and oxygen atoms in total. The summed E-state index contributed by atoms with van der Waals surface area (Å²) >= 11 is 0. The van der Waals surface area contributed by atoms with Gasteiger partial charge in [-0.15, -0.1) is 0 Å². The standard InChI is InChI=1S/C13H13N3O3/c1-9(17)8-16-13(18)15-12(7-14-16)10-3-5-11(19-2)6-4-10/h3-7H,8H2,1-2H3. The van der Waals surface area contributed by atoms with Gasteiger partial charge < -0.3 is 4.74 Å². The predicted octanol–water partition coefficient (Wildman–Crippen LogP) is 0.903. The number of ketones is 1. The van der Waals surface area contributed by atoms with Crippen molar-refractivity contribution in [2.45, 2.75) is 13.5 Å². The Kier molecular flexibility index (Phi) is 3.70. The van der Waals surface area contributed by atoms with Crippen molar-refractivity contribution in [3.8, 4) is 17.0 Å². The molecule has 2 aromatic rings. The highest BCUT2D eigenvalue weighted by atomic mass is 16.5. The Bertz CT molecular complexity index is 647. The van der Waals surface area contributed by atoms with Gasteiger partial charge in [0.1, 0.15) is 12.3 Å². The Balaban J connectivity index is 2.33. The van der Waals surface area contributed by atoms with Gasteiger partial charge in [-0.2, -0.15) is 10.1 Å². The van der Waals surface area contributed by atoms with E-state index in [0.717, 1.165) is 16.0 Å². The molecule has 2 rings (SSSR count). The number of hydrogen-bond donors (Lipinski definition) is 0. The molecule has 19 heavy (non-hydrogen) atoms. The van der Waals surface area contributed by atoms with Crippen LogP contribution in [-0.2, 0) is 11.3 Å². The fourth-order valence-electron chi connectivity index (χ4n) is 1.58. The maximum atomic E-state index is 11.7. The van der Waals surface area contributed by atoms with Crippen molar-refractivity contribution in [3.05, 3.63) is 40.9 Å². The topological polar surface area (TPSA) is 74.1 Å². The van der Waals surface area contributed by atoms with E-state index in [4.69, 9.17) is 4.74 Å².